The molecule has 0 spiro atoms. The Bertz CT molecular complexity index is 796. The number of rotatable bonds is 6. The Labute approximate surface area is 159 Å². The zero-order valence-electron chi connectivity index (χ0n) is 15.7. The summed E-state index contributed by atoms with van der Waals surface area (Å²) in [6, 6.07) is 11.9. The first-order valence-electron chi connectivity index (χ1n) is 9.46. The van der Waals surface area contributed by atoms with Crippen molar-refractivity contribution in [2.45, 2.75) is 31.9 Å². The summed E-state index contributed by atoms with van der Waals surface area (Å²) in [7, 11) is 0. The van der Waals surface area contributed by atoms with Crippen molar-refractivity contribution in [3.63, 3.8) is 0 Å². The number of benzene rings is 1. The molecule has 6 nitrogen and oxygen atoms in total. The summed E-state index contributed by atoms with van der Waals surface area (Å²) in [5, 5.41) is 6.45. The average Bonchev–Trinajstić information content (AvgIpc) is 3.15. The van der Waals surface area contributed by atoms with Crippen LogP contribution in [0.4, 0.5) is 5.69 Å². The molecule has 2 N–H and O–H groups in total. The van der Waals surface area contributed by atoms with E-state index in [2.05, 4.69) is 34.7 Å². The molecular formula is C21H25N3O3. The first-order valence-corrected chi connectivity index (χ1v) is 9.46. The van der Waals surface area contributed by atoms with E-state index in [0.29, 0.717) is 30.0 Å². The third-order valence-electron chi connectivity index (χ3n) is 5.65. The molecule has 142 valence electrons. The molecule has 2 bridgehead atoms. The van der Waals surface area contributed by atoms with Gasteiger partial charge in [0.15, 0.2) is 0 Å². The van der Waals surface area contributed by atoms with E-state index in [9.17, 15) is 4.79 Å². The lowest BCUT2D eigenvalue weighted by molar-refractivity contribution is -0.0189. The SMILES string of the molecule is CCOc1ccc(C(=O)Nc2ccc(C[C@]34CN[C@H](CO3)[C@H]4C)cc2)cn1. The molecule has 1 amide bonds. The van der Waals surface area contributed by atoms with Crippen molar-refractivity contribution in [3.8, 4) is 5.88 Å². The number of aromatic nitrogens is 1. The highest BCUT2D eigenvalue weighted by atomic mass is 16.5. The standard InChI is InChI=1S/C21H25N3O3/c1-3-26-19-9-6-16(11-22-19)20(25)24-17-7-4-15(5-8-17)10-21-13-23-18(12-27-21)14(21)2/h4-9,11,14,18,23H,3,10,12-13H2,1-2H3,(H,24,25)/t14-,18-,21-/m1/s1. The van der Waals surface area contributed by atoms with Crippen LogP contribution in [0.15, 0.2) is 42.6 Å². The van der Waals surface area contributed by atoms with Crippen LogP contribution in [0.25, 0.3) is 0 Å². The highest BCUT2D eigenvalue weighted by Gasteiger charge is 2.52. The summed E-state index contributed by atoms with van der Waals surface area (Å²) in [6.45, 7) is 6.41. The predicted molar refractivity (Wildman–Crippen MR) is 103 cm³/mol. The number of ether oxygens (including phenoxy) is 2. The highest BCUT2D eigenvalue weighted by molar-refractivity contribution is 6.04. The maximum Gasteiger partial charge on any atom is 0.257 e. The number of carbonyl (C=O) groups excluding carboxylic acids is 1. The molecule has 2 aliphatic heterocycles. The fourth-order valence-corrected chi connectivity index (χ4v) is 3.93. The zero-order valence-corrected chi connectivity index (χ0v) is 15.7. The van der Waals surface area contributed by atoms with Crippen molar-refractivity contribution < 1.29 is 14.3 Å². The second-order valence-electron chi connectivity index (χ2n) is 7.30. The molecule has 2 fully saturated rings. The summed E-state index contributed by atoms with van der Waals surface area (Å²) in [4.78, 5) is 16.5. The van der Waals surface area contributed by atoms with E-state index in [4.69, 9.17) is 9.47 Å². The summed E-state index contributed by atoms with van der Waals surface area (Å²) in [5.41, 5.74) is 2.38. The van der Waals surface area contributed by atoms with Crippen molar-refractivity contribution in [2.75, 3.05) is 25.1 Å². The number of nitrogens with one attached hydrogen (secondary N) is 2. The maximum absolute atomic E-state index is 12.4. The van der Waals surface area contributed by atoms with Crippen LogP contribution in [0.1, 0.15) is 29.8 Å². The highest BCUT2D eigenvalue weighted by Crippen LogP contribution is 2.39. The van der Waals surface area contributed by atoms with Crippen molar-refractivity contribution in [3.05, 3.63) is 53.7 Å². The minimum atomic E-state index is -0.188. The molecule has 0 radical (unpaired) electrons. The minimum Gasteiger partial charge on any atom is -0.478 e. The van der Waals surface area contributed by atoms with Gasteiger partial charge in [-0.25, -0.2) is 4.98 Å². The van der Waals surface area contributed by atoms with Crippen molar-refractivity contribution in [1.29, 1.82) is 0 Å². The monoisotopic (exact) mass is 367 g/mol. The number of hydrogen-bond acceptors (Lipinski definition) is 5. The van der Waals surface area contributed by atoms with Crippen LogP contribution in [0.5, 0.6) is 5.88 Å². The Morgan fingerprint density at radius 3 is 2.70 bits per heavy atom. The molecule has 3 heterocycles. The molecule has 2 aliphatic rings. The Morgan fingerprint density at radius 2 is 2.15 bits per heavy atom. The van der Waals surface area contributed by atoms with E-state index in [0.717, 1.165) is 25.3 Å². The van der Waals surface area contributed by atoms with Crippen LogP contribution in [-0.4, -0.2) is 42.3 Å². The summed E-state index contributed by atoms with van der Waals surface area (Å²) in [6.07, 6.45) is 2.41. The van der Waals surface area contributed by atoms with Gasteiger partial charge >= 0.3 is 0 Å². The van der Waals surface area contributed by atoms with Gasteiger partial charge in [0.25, 0.3) is 5.91 Å². The Morgan fingerprint density at radius 1 is 1.33 bits per heavy atom. The van der Waals surface area contributed by atoms with Crippen molar-refractivity contribution >= 4 is 11.6 Å². The average molecular weight is 367 g/mol. The Hall–Kier alpha value is -2.44. The van der Waals surface area contributed by atoms with Crippen LogP contribution in [0.2, 0.25) is 0 Å². The molecule has 1 aromatic carbocycles. The Balaban J connectivity index is 1.38. The van der Waals surface area contributed by atoms with E-state index in [1.807, 2.05) is 19.1 Å². The van der Waals surface area contributed by atoms with Crippen LogP contribution in [-0.2, 0) is 11.2 Å². The van der Waals surface area contributed by atoms with Gasteiger partial charge in [-0.15, -0.1) is 0 Å². The zero-order chi connectivity index (χ0) is 18.9. The van der Waals surface area contributed by atoms with Gasteiger partial charge in [-0.1, -0.05) is 19.1 Å². The summed E-state index contributed by atoms with van der Waals surface area (Å²) < 4.78 is 11.4. The minimum absolute atomic E-state index is 0.0938. The molecule has 3 atom stereocenters. The smallest absolute Gasteiger partial charge is 0.257 e. The van der Waals surface area contributed by atoms with E-state index in [1.54, 1.807) is 12.1 Å². The van der Waals surface area contributed by atoms with E-state index < -0.39 is 0 Å². The number of carbonyl (C=O) groups is 1. The summed E-state index contributed by atoms with van der Waals surface area (Å²) in [5.74, 6) is 0.848. The molecule has 0 saturated carbocycles. The number of nitrogens with zero attached hydrogens (tertiary/aromatic N) is 1. The van der Waals surface area contributed by atoms with Gasteiger partial charge in [0.05, 0.1) is 24.4 Å². The Kier molecular flexibility index (Phi) is 4.85. The first-order chi connectivity index (χ1) is 13.1. The number of amides is 1. The van der Waals surface area contributed by atoms with Crippen LogP contribution >= 0.6 is 0 Å². The lowest BCUT2D eigenvalue weighted by Gasteiger charge is -2.29. The fourth-order valence-electron chi connectivity index (χ4n) is 3.93. The predicted octanol–water partition coefficient (Wildman–Crippen LogP) is 2.65. The van der Waals surface area contributed by atoms with Gasteiger partial charge in [-0.2, -0.15) is 0 Å². The number of anilines is 1. The largest absolute Gasteiger partial charge is 0.478 e. The van der Waals surface area contributed by atoms with Crippen LogP contribution < -0.4 is 15.4 Å². The topological polar surface area (TPSA) is 72.5 Å². The lowest BCUT2D eigenvalue weighted by atomic mass is 9.85. The van der Waals surface area contributed by atoms with Gasteiger partial charge in [0.2, 0.25) is 5.88 Å². The van der Waals surface area contributed by atoms with E-state index in [1.165, 1.54) is 11.8 Å². The van der Waals surface area contributed by atoms with E-state index >= 15 is 0 Å². The molecule has 0 aliphatic carbocycles. The number of pyridine rings is 1. The number of morpholine rings is 1. The third-order valence-corrected chi connectivity index (χ3v) is 5.65. The molecule has 2 saturated heterocycles. The molecule has 27 heavy (non-hydrogen) atoms. The lowest BCUT2D eigenvalue weighted by Crippen LogP contribution is -2.41. The molecule has 0 unspecified atom stereocenters. The van der Waals surface area contributed by atoms with Crippen molar-refractivity contribution in [2.24, 2.45) is 5.92 Å². The quantitative estimate of drug-likeness (QED) is 0.821. The second kappa shape index (κ2) is 7.29. The van der Waals surface area contributed by atoms with Crippen LogP contribution in [0.3, 0.4) is 0 Å². The van der Waals surface area contributed by atoms with Crippen LogP contribution in [0, 0.1) is 5.92 Å². The van der Waals surface area contributed by atoms with Gasteiger partial charge in [0, 0.05) is 42.9 Å². The molecule has 1 aromatic heterocycles. The van der Waals surface area contributed by atoms with E-state index in [-0.39, 0.29) is 11.5 Å². The normalized spacial score (nSPS) is 26.1. The summed E-state index contributed by atoms with van der Waals surface area (Å²) >= 11 is 0. The van der Waals surface area contributed by atoms with Crippen molar-refractivity contribution in [1.82, 2.24) is 10.3 Å². The molecule has 4 rings (SSSR count). The van der Waals surface area contributed by atoms with Gasteiger partial charge in [0.1, 0.15) is 0 Å². The molecule has 6 heteroatoms. The van der Waals surface area contributed by atoms with Gasteiger partial charge in [-0.3, -0.25) is 4.79 Å². The molecular weight excluding hydrogens is 342 g/mol. The second-order valence-corrected chi connectivity index (χ2v) is 7.30. The fraction of sp³-hybridized carbons (Fsp3) is 0.429. The number of hydrogen-bond donors (Lipinski definition) is 2. The van der Waals surface area contributed by atoms with Gasteiger partial charge in [-0.05, 0) is 30.7 Å². The maximum atomic E-state index is 12.4. The van der Waals surface area contributed by atoms with Gasteiger partial charge < -0.3 is 20.1 Å². The molecule has 2 aromatic rings. The third kappa shape index (κ3) is 3.55. The first kappa shape index (κ1) is 17.9. The number of fused-ring (bicyclic) bond motifs is 2.